The average Bonchev–Trinajstić information content (AvgIpc) is 4.07. The number of benzene rings is 9. The van der Waals surface area contributed by atoms with Gasteiger partial charge in [0.05, 0.1) is 0 Å². The zero-order valence-electron chi connectivity index (χ0n) is 39.9. The fourth-order valence-corrected chi connectivity index (χ4v) is 13.0. The molecule has 0 radical (unpaired) electrons. The fourth-order valence-electron chi connectivity index (χ4n) is 13.0. The quantitative estimate of drug-likeness (QED) is 0.176. The van der Waals surface area contributed by atoms with Gasteiger partial charge in [-0.15, -0.1) is 0 Å². The van der Waals surface area contributed by atoms with E-state index in [1.54, 1.807) is 0 Å². The van der Waals surface area contributed by atoms with Crippen LogP contribution in [0.4, 0.5) is 17.1 Å². The highest BCUT2D eigenvalue weighted by Gasteiger charge is 2.44. The molecule has 328 valence electrons. The van der Waals surface area contributed by atoms with Crippen LogP contribution in [0, 0.1) is 13.8 Å². The smallest absolute Gasteiger partial charge is 0.143 e. The summed E-state index contributed by atoms with van der Waals surface area (Å²) < 4.78 is 13.3. The molecule has 0 unspecified atom stereocenters. The number of para-hydroxylation sites is 2. The normalized spacial score (nSPS) is 15.4. The summed E-state index contributed by atoms with van der Waals surface area (Å²) in [6, 6.07) is 61.1. The van der Waals surface area contributed by atoms with Crippen molar-refractivity contribution in [2.24, 2.45) is 0 Å². The summed E-state index contributed by atoms with van der Waals surface area (Å²) in [6.07, 6.45) is 0. The second-order valence-electron chi connectivity index (χ2n) is 21.4. The minimum absolute atomic E-state index is 0.167. The maximum atomic E-state index is 6.79. The first kappa shape index (κ1) is 39.5. The Morgan fingerprint density at radius 1 is 0.353 bits per heavy atom. The van der Waals surface area contributed by atoms with Gasteiger partial charge in [-0.05, 0) is 170 Å². The summed E-state index contributed by atoms with van der Waals surface area (Å²) in [6.45, 7) is 18.8. The number of rotatable bonds is 4. The number of nitrogens with zero attached hydrogens (tertiary/aromatic N) is 1. The first-order chi connectivity index (χ1) is 32.8. The molecule has 9 aromatic carbocycles. The topological polar surface area (TPSA) is 29.5 Å². The molecule has 0 N–H and O–H groups in total. The molecule has 0 saturated heterocycles. The summed E-state index contributed by atoms with van der Waals surface area (Å²) in [7, 11) is 0. The van der Waals surface area contributed by atoms with Crippen LogP contribution in [0.3, 0.4) is 0 Å². The lowest BCUT2D eigenvalue weighted by atomic mass is 9.79. The van der Waals surface area contributed by atoms with Gasteiger partial charge in [0.1, 0.15) is 22.3 Å². The molecule has 0 atom stereocenters. The van der Waals surface area contributed by atoms with E-state index in [2.05, 4.69) is 224 Å². The van der Waals surface area contributed by atoms with Crippen molar-refractivity contribution in [1.29, 1.82) is 0 Å². The highest BCUT2D eigenvalue weighted by atomic mass is 16.3. The first-order valence-corrected chi connectivity index (χ1v) is 24.2. The van der Waals surface area contributed by atoms with E-state index in [1.807, 2.05) is 0 Å². The lowest BCUT2D eigenvalue weighted by molar-refractivity contribution is 0.651. The third-order valence-electron chi connectivity index (χ3n) is 16.3. The Morgan fingerprint density at radius 2 is 0.882 bits per heavy atom. The van der Waals surface area contributed by atoms with Crippen LogP contribution in [0.1, 0.15) is 86.1 Å². The summed E-state index contributed by atoms with van der Waals surface area (Å²) in [5, 5.41) is 4.76. The highest BCUT2D eigenvalue weighted by Crippen LogP contribution is 2.60. The van der Waals surface area contributed by atoms with Gasteiger partial charge in [-0.3, -0.25) is 0 Å². The first-order valence-electron chi connectivity index (χ1n) is 24.2. The van der Waals surface area contributed by atoms with Crippen molar-refractivity contribution in [3.05, 3.63) is 208 Å². The van der Waals surface area contributed by atoms with Crippen molar-refractivity contribution in [1.82, 2.24) is 0 Å². The molecule has 2 aromatic heterocycles. The Hall–Kier alpha value is -7.62. The van der Waals surface area contributed by atoms with Gasteiger partial charge in [0, 0.05) is 60.4 Å². The molecule has 68 heavy (non-hydrogen) atoms. The van der Waals surface area contributed by atoms with Gasteiger partial charge in [-0.2, -0.15) is 0 Å². The second kappa shape index (κ2) is 13.3. The molecule has 0 fully saturated rings. The van der Waals surface area contributed by atoms with Gasteiger partial charge in [0.15, 0.2) is 0 Å². The molecule has 3 nitrogen and oxygen atoms in total. The van der Waals surface area contributed by atoms with Crippen LogP contribution < -0.4 is 4.90 Å². The number of aryl methyl sites for hydroxylation is 2. The SMILES string of the molecule is Cc1cc(C)cc(N(c2ccc3c(c2)C(C)(C)c2cc4c(cc2-3)C(C)(C)c2ccc3oc5ccccc5c3c2-4)c2ccc3c(c2)C(C)(C)c2cc(-c4ccccc4)c4oc5ccccc5c4c2-3)c1. The van der Waals surface area contributed by atoms with Gasteiger partial charge in [0.25, 0.3) is 0 Å². The molecule has 0 aliphatic heterocycles. The Kier molecular flexibility index (Phi) is 7.73. The number of hydrogen-bond acceptors (Lipinski definition) is 3. The lowest BCUT2D eigenvalue weighted by Crippen LogP contribution is -2.18. The third kappa shape index (κ3) is 5.14. The van der Waals surface area contributed by atoms with Crippen molar-refractivity contribution in [2.75, 3.05) is 4.90 Å². The molecule has 3 aliphatic carbocycles. The number of hydrogen-bond donors (Lipinski definition) is 0. The fraction of sp³-hybridized carbons (Fsp3) is 0.169. The number of fused-ring (bicyclic) bond motifs is 17. The van der Waals surface area contributed by atoms with Crippen molar-refractivity contribution in [3.63, 3.8) is 0 Å². The summed E-state index contributed by atoms with van der Waals surface area (Å²) in [4.78, 5) is 2.50. The van der Waals surface area contributed by atoms with Crippen LogP contribution in [0.15, 0.2) is 173 Å². The van der Waals surface area contributed by atoms with Crippen LogP contribution in [-0.4, -0.2) is 0 Å². The Morgan fingerprint density at radius 3 is 1.60 bits per heavy atom. The predicted octanol–water partition coefficient (Wildman–Crippen LogP) is 18.2. The molecule has 0 spiro atoms. The van der Waals surface area contributed by atoms with Gasteiger partial charge in [0.2, 0.25) is 0 Å². The monoisotopic (exact) mass is 877 g/mol. The van der Waals surface area contributed by atoms with Gasteiger partial charge >= 0.3 is 0 Å². The van der Waals surface area contributed by atoms with Crippen LogP contribution in [-0.2, 0) is 16.2 Å². The van der Waals surface area contributed by atoms with Crippen molar-refractivity contribution >= 4 is 60.9 Å². The Bertz CT molecular complexity index is 4000. The highest BCUT2D eigenvalue weighted by molar-refractivity contribution is 6.19. The Balaban J connectivity index is 0.941. The molecule has 3 aliphatic rings. The van der Waals surface area contributed by atoms with Crippen LogP contribution >= 0.6 is 0 Å². The zero-order chi connectivity index (χ0) is 46.2. The third-order valence-corrected chi connectivity index (χ3v) is 16.3. The van der Waals surface area contributed by atoms with E-state index < -0.39 is 0 Å². The molecule has 0 saturated carbocycles. The minimum atomic E-state index is -0.284. The maximum Gasteiger partial charge on any atom is 0.143 e. The van der Waals surface area contributed by atoms with E-state index in [4.69, 9.17) is 8.83 Å². The number of anilines is 3. The van der Waals surface area contributed by atoms with E-state index in [9.17, 15) is 0 Å². The van der Waals surface area contributed by atoms with Gasteiger partial charge < -0.3 is 13.7 Å². The second-order valence-corrected chi connectivity index (χ2v) is 21.4. The Labute approximate surface area is 397 Å². The number of furan rings is 2. The van der Waals surface area contributed by atoms with Crippen LogP contribution in [0.5, 0.6) is 0 Å². The largest absolute Gasteiger partial charge is 0.456 e. The zero-order valence-corrected chi connectivity index (χ0v) is 39.9. The minimum Gasteiger partial charge on any atom is -0.456 e. The van der Waals surface area contributed by atoms with E-state index in [1.165, 1.54) is 94.0 Å². The molecule has 3 heteroatoms. The van der Waals surface area contributed by atoms with E-state index in [0.717, 1.165) is 55.9 Å². The van der Waals surface area contributed by atoms with Gasteiger partial charge in [-0.1, -0.05) is 133 Å². The van der Waals surface area contributed by atoms with Crippen molar-refractivity contribution in [2.45, 2.75) is 71.6 Å². The molecule has 2 heterocycles. The maximum absolute atomic E-state index is 6.79. The van der Waals surface area contributed by atoms with E-state index in [-0.39, 0.29) is 16.2 Å². The molecule has 11 aromatic rings. The van der Waals surface area contributed by atoms with Crippen LogP contribution in [0.25, 0.3) is 88.4 Å². The molecular weight excluding hydrogens is 827 g/mol. The summed E-state index contributed by atoms with van der Waals surface area (Å²) >= 11 is 0. The molecule has 0 amide bonds. The van der Waals surface area contributed by atoms with E-state index in [0.29, 0.717) is 0 Å². The standard InChI is InChI=1S/C65H51NO2/c1-36-28-37(2)30-41(29-36)66(40-23-25-43-51(32-40)65(7,8)54-33-46(38-16-10-9-11-17-38)62-61(58(43)54)45-19-13-15-21-56(45)68-62)39-22-24-42-47-34-53-48(35-52(47)64(5,6)50(42)31-39)59-49(63(53,3)4)26-27-57-60(59)44-18-12-14-20-55(44)67-57/h9-35H,1-8H3. The average molecular weight is 878 g/mol. The lowest BCUT2D eigenvalue weighted by Gasteiger charge is -2.30. The van der Waals surface area contributed by atoms with E-state index >= 15 is 0 Å². The summed E-state index contributed by atoms with van der Waals surface area (Å²) in [5.41, 5.74) is 27.3. The summed E-state index contributed by atoms with van der Waals surface area (Å²) in [5.74, 6) is 0. The molecule has 14 rings (SSSR count). The van der Waals surface area contributed by atoms with Crippen molar-refractivity contribution < 1.29 is 8.83 Å². The van der Waals surface area contributed by atoms with Crippen LogP contribution in [0.2, 0.25) is 0 Å². The molecule has 0 bridgehead atoms. The van der Waals surface area contributed by atoms with Crippen molar-refractivity contribution in [3.8, 4) is 44.5 Å². The molecular formula is C65H51NO2. The van der Waals surface area contributed by atoms with Gasteiger partial charge in [-0.25, -0.2) is 0 Å². The predicted molar refractivity (Wildman–Crippen MR) is 283 cm³/mol.